The van der Waals surface area contributed by atoms with Crippen molar-refractivity contribution in [2.24, 2.45) is 0 Å². The van der Waals surface area contributed by atoms with E-state index in [1.165, 1.54) is 0 Å². The lowest BCUT2D eigenvalue weighted by Crippen LogP contribution is -2.29. The topological polar surface area (TPSA) is 61.4 Å². The molecule has 0 saturated heterocycles. The van der Waals surface area contributed by atoms with Gasteiger partial charge in [0.2, 0.25) is 0 Å². The van der Waals surface area contributed by atoms with E-state index in [0.29, 0.717) is 16.4 Å². The van der Waals surface area contributed by atoms with Gasteiger partial charge in [-0.05, 0) is 62.4 Å². The molecule has 0 unspecified atom stereocenters. The van der Waals surface area contributed by atoms with Crippen LogP contribution >= 0.6 is 11.6 Å². The Bertz CT molecular complexity index is 695. The van der Waals surface area contributed by atoms with Crippen LogP contribution in [0.15, 0.2) is 48.5 Å². The maximum absolute atomic E-state index is 12.0. The number of nitrogens with one attached hydrogen (secondary N) is 2. The summed E-state index contributed by atoms with van der Waals surface area (Å²) in [5.41, 5.74) is 2.15. The van der Waals surface area contributed by atoms with Crippen molar-refractivity contribution in [3.05, 3.63) is 53.6 Å². The molecular formula is C18H20ClN3O2. The summed E-state index contributed by atoms with van der Waals surface area (Å²) in [5, 5.41) is 5.66. The Balaban J connectivity index is 1.96. The maximum Gasteiger partial charge on any atom is 0.314 e. The fraction of sp³-hybridized carbons (Fsp3) is 0.222. The molecule has 0 bridgehead atoms. The fourth-order valence-corrected chi connectivity index (χ4v) is 2.38. The molecule has 0 aliphatic heterocycles. The molecule has 0 aliphatic rings. The highest BCUT2D eigenvalue weighted by atomic mass is 35.5. The quantitative estimate of drug-likeness (QED) is 0.811. The zero-order valence-electron chi connectivity index (χ0n) is 13.7. The third-order valence-corrected chi connectivity index (χ3v) is 3.81. The minimum absolute atomic E-state index is 0.511. The van der Waals surface area contributed by atoms with Crippen molar-refractivity contribution in [1.82, 2.24) is 0 Å². The molecule has 0 spiro atoms. The van der Waals surface area contributed by atoms with Gasteiger partial charge in [0, 0.05) is 35.2 Å². The standard InChI is InChI=1S/C18H20ClN3O2/c1-3-22(4-2)16-11-9-15(10-12-16)21-18(24)17(23)20-14-7-5-13(19)6-8-14/h5-12H,3-4H2,1-2H3,(H,20,23)(H,21,24). The summed E-state index contributed by atoms with van der Waals surface area (Å²) >= 11 is 5.78. The van der Waals surface area contributed by atoms with Crippen molar-refractivity contribution in [2.75, 3.05) is 28.6 Å². The molecule has 0 radical (unpaired) electrons. The van der Waals surface area contributed by atoms with Crippen molar-refractivity contribution >= 4 is 40.5 Å². The minimum Gasteiger partial charge on any atom is -0.372 e. The second kappa shape index (κ2) is 8.36. The van der Waals surface area contributed by atoms with Gasteiger partial charge in [0.15, 0.2) is 0 Å². The van der Waals surface area contributed by atoms with Crippen LogP contribution < -0.4 is 15.5 Å². The molecule has 24 heavy (non-hydrogen) atoms. The first-order valence-corrected chi connectivity index (χ1v) is 8.14. The molecule has 0 saturated carbocycles. The molecule has 0 aliphatic carbocycles. The molecule has 0 aromatic heterocycles. The average molecular weight is 346 g/mol. The lowest BCUT2D eigenvalue weighted by Gasteiger charge is -2.21. The van der Waals surface area contributed by atoms with E-state index in [4.69, 9.17) is 11.6 Å². The van der Waals surface area contributed by atoms with Crippen LogP contribution in [-0.2, 0) is 9.59 Å². The number of carbonyl (C=O) groups is 2. The van der Waals surface area contributed by atoms with Crippen LogP contribution in [0.1, 0.15) is 13.8 Å². The average Bonchev–Trinajstić information content (AvgIpc) is 2.59. The normalized spacial score (nSPS) is 10.1. The predicted octanol–water partition coefficient (Wildman–Crippen LogP) is 3.76. The molecule has 0 heterocycles. The SMILES string of the molecule is CCN(CC)c1ccc(NC(=O)C(=O)Nc2ccc(Cl)cc2)cc1. The molecule has 2 aromatic rings. The number of amides is 2. The van der Waals surface area contributed by atoms with Gasteiger partial charge in [-0.15, -0.1) is 0 Å². The highest BCUT2D eigenvalue weighted by molar-refractivity contribution is 6.43. The lowest BCUT2D eigenvalue weighted by molar-refractivity contribution is -0.132. The van der Waals surface area contributed by atoms with Gasteiger partial charge in [-0.2, -0.15) is 0 Å². The number of halogens is 1. The second-order valence-corrected chi connectivity index (χ2v) is 5.57. The fourth-order valence-electron chi connectivity index (χ4n) is 2.25. The first-order valence-electron chi connectivity index (χ1n) is 7.76. The van der Waals surface area contributed by atoms with Crippen LogP contribution in [-0.4, -0.2) is 24.9 Å². The second-order valence-electron chi connectivity index (χ2n) is 5.13. The number of anilines is 3. The third-order valence-electron chi connectivity index (χ3n) is 3.56. The minimum atomic E-state index is -0.731. The van der Waals surface area contributed by atoms with E-state index in [0.717, 1.165) is 18.8 Å². The van der Waals surface area contributed by atoms with E-state index >= 15 is 0 Å². The Morgan fingerprint density at radius 3 is 1.67 bits per heavy atom. The first-order chi connectivity index (χ1) is 11.5. The van der Waals surface area contributed by atoms with E-state index in [-0.39, 0.29) is 0 Å². The summed E-state index contributed by atoms with van der Waals surface area (Å²) in [4.78, 5) is 26.1. The van der Waals surface area contributed by atoms with Crippen molar-refractivity contribution in [3.63, 3.8) is 0 Å². The molecule has 2 rings (SSSR count). The summed E-state index contributed by atoms with van der Waals surface area (Å²) in [6.07, 6.45) is 0. The molecule has 6 heteroatoms. The van der Waals surface area contributed by atoms with Crippen LogP contribution in [0.4, 0.5) is 17.1 Å². The van der Waals surface area contributed by atoms with Gasteiger partial charge in [0.1, 0.15) is 0 Å². The Hall–Kier alpha value is -2.53. The van der Waals surface area contributed by atoms with Crippen molar-refractivity contribution in [3.8, 4) is 0 Å². The van der Waals surface area contributed by atoms with Crippen molar-refractivity contribution in [2.45, 2.75) is 13.8 Å². The van der Waals surface area contributed by atoms with Crippen LogP contribution in [0.5, 0.6) is 0 Å². The van der Waals surface area contributed by atoms with E-state index in [1.54, 1.807) is 36.4 Å². The van der Waals surface area contributed by atoms with Crippen molar-refractivity contribution < 1.29 is 9.59 Å². The highest BCUT2D eigenvalue weighted by Crippen LogP contribution is 2.18. The van der Waals surface area contributed by atoms with Crippen LogP contribution in [0.25, 0.3) is 0 Å². The van der Waals surface area contributed by atoms with Gasteiger partial charge < -0.3 is 15.5 Å². The first kappa shape index (κ1) is 17.8. The van der Waals surface area contributed by atoms with Gasteiger partial charge >= 0.3 is 11.8 Å². The summed E-state index contributed by atoms with van der Waals surface area (Å²) < 4.78 is 0. The Morgan fingerprint density at radius 1 is 0.833 bits per heavy atom. The van der Waals surface area contributed by atoms with Crippen LogP contribution in [0.3, 0.4) is 0 Å². The summed E-state index contributed by atoms with van der Waals surface area (Å²) in [6.45, 7) is 5.98. The van der Waals surface area contributed by atoms with Gasteiger partial charge in [-0.1, -0.05) is 11.6 Å². The number of rotatable bonds is 5. The Morgan fingerprint density at radius 2 is 1.25 bits per heavy atom. The van der Waals surface area contributed by atoms with Crippen molar-refractivity contribution in [1.29, 1.82) is 0 Å². The molecule has 126 valence electrons. The molecule has 0 atom stereocenters. The Labute approximate surface area is 146 Å². The van der Waals surface area contributed by atoms with Gasteiger partial charge in [0.05, 0.1) is 0 Å². The maximum atomic E-state index is 12.0. The highest BCUT2D eigenvalue weighted by Gasteiger charge is 2.14. The molecule has 5 nitrogen and oxygen atoms in total. The molecule has 2 aromatic carbocycles. The largest absolute Gasteiger partial charge is 0.372 e. The van der Waals surface area contributed by atoms with Crippen LogP contribution in [0, 0.1) is 0 Å². The number of hydrogen-bond donors (Lipinski definition) is 2. The zero-order chi connectivity index (χ0) is 17.5. The van der Waals surface area contributed by atoms with E-state index in [2.05, 4.69) is 29.4 Å². The van der Waals surface area contributed by atoms with E-state index < -0.39 is 11.8 Å². The number of nitrogens with zero attached hydrogens (tertiary/aromatic N) is 1. The molecule has 0 fully saturated rings. The number of benzene rings is 2. The predicted molar refractivity (Wildman–Crippen MR) is 98.7 cm³/mol. The summed E-state index contributed by atoms with van der Waals surface area (Å²) in [5.74, 6) is -1.45. The van der Waals surface area contributed by atoms with Crippen LogP contribution in [0.2, 0.25) is 5.02 Å². The number of hydrogen-bond acceptors (Lipinski definition) is 3. The number of carbonyl (C=O) groups excluding carboxylic acids is 2. The van der Waals surface area contributed by atoms with Gasteiger partial charge in [0.25, 0.3) is 0 Å². The zero-order valence-corrected chi connectivity index (χ0v) is 14.4. The third kappa shape index (κ3) is 4.73. The monoisotopic (exact) mass is 345 g/mol. The van der Waals surface area contributed by atoms with E-state index in [9.17, 15) is 9.59 Å². The molecule has 2 N–H and O–H groups in total. The van der Waals surface area contributed by atoms with E-state index in [1.807, 2.05) is 12.1 Å². The van der Waals surface area contributed by atoms with Gasteiger partial charge in [-0.3, -0.25) is 9.59 Å². The smallest absolute Gasteiger partial charge is 0.314 e. The lowest BCUT2D eigenvalue weighted by atomic mass is 10.2. The van der Waals surface area contributed by atoms with Gasteiger partial charge in [-0.25, -0.2) is 0 Å². The molecule has 2 amide bonds. The summed E-state index contributed by atoms with van der Waals surface area (Å²) in [6, 6.07) is 13.9. The Kier molecular flexibility index (Phi) is 6.21. The summed E-state index contributed by atoms with van der Waals surface area (Å²) in [7, 11) is 0. The molecular weight excluding hydrogens is 326 g/mol.